The van der Waals surface area contributed by atoms with Crippen molar-refractivity contribution in [2.24, 2.45) is 0 Å². The minimum Gasteiger partial charge on any atom is -0.430 e. The number of aliphatic hydroxyl groups is 2. The van der Waals surface area contributed by atoms with Gasteiger partial charge in [-0.1, -0.05) is 58.3 Å². The molecule has 1 heterocycles. The molecule has 0 aliphatic carbocycles. The van der Waals surface area contributed by atoms with Gasteiger partial charge in [-0.15, -0.1) is 0 Å². The number of esters is 1. The molecule has 0 aromatic carbocycles. The van der Waals surface area contributed by atoms with Crippen LogP contribution in [0.5, 0.6) is 0 Å². The zero-order chi connectivity index (χ0) is 17.0. The molecule has 0 bridgehead atoms. The van der Waals surface area contributed by atoms with E-state index in [1.54, 1.807) is 0 Å². The Morgan fingerprint density at radius 1 is 1.09 bits per heavy atom. The Morgan fingerprint density at radius 3 is 2.22 bits per heavy atom. The van der Waals surface area contributed by atoms with E-state index in [9.17, 15) is 9.90 Å². The van der Waals surface area contributed by atoms with Crippen molar-refractivity contribution in [3.05, 3.63) is 0 Å². The first-order valence-corrected chi connectivity index (χ1v) is 9.27. The molecule has 1 saturated heterocycles. The van der Waals surface area contributed by atoms with Gasteiger partial charge in [0, 0.05) is 12.8 Å². The van der Waals surface area contributed by atoms with Crippen molar-refractivity contribution in [2.45, 2.75) is 95.9 Å². The van der Waals surface area contributed by atoms with Gasteiger partial charge in [-0.3, -0.25) is 4.79 Å². The molecule has 23 heavy (non-hydrogen) atoms. The maximum Gasteiger partial charge on any atom is 0.308 e. The molecule has 0 aromatic rings. The summed E-state index contributed by atoms with van der Waals surface area (Å²) < 4.78 is 10.8. The number of hydrogen-bond acceptors (Lipinski definition) is 5. The van der Waals surface area contributed by atoms with Crippen LogP contribution < -0.4 is 0 Å². The zero-order valence-electron chi connectivity index (χ0n) is 14.6. The molecule has 5 nitrogen and oxygen atoms in total. The highest BCUT2D eigenvalue weighted by atomic mass is 16.7. The van der Waals surface area contributed by atoms with Gasteiger partial charge in [0.25, 0.3) is 0 Å². The van der Waals surface area contributed by atoms with Gasteiger partial charge in [-0.05, 0) is 12.8 Å². The predicted octanol–water partition coefficient (Wildman–Crippen LogP) is 3.31. The van der Waals surface area contributed by atoms with Crippen LogP contribution in [0.3, 0.4) is 0 Å². The third kappa shape index (κ3) is 8.13. The molecule has 2 N–H and O–H groups in total. The van der Waals surface area contributed by atoms with E-state index in [2.05, 4.69) is 6.92 Å². The van der Waals surface area contributed by atoms with Gasteiger partial charge < -0.3 is 19.7 Å². The van der Waals surface area contributed by atoms with Crippen LogP contribution in [-0.4, -0.2) is 41.3 Å². The molecule has 2 unspecified atom stereocenters. The lowest BCUT2D eigenvalue weighted by molar-refractivity contribution is -0.241. The average Bonchev–Trinajstić information content (AvgIpc) is 2.97. The van der Waals surface area contributed by atoms with E-state index < -0.39 is 5.79 Å². The smallest absolute Gasteiger partial charge is 0.308 e. The second-order valence-corrected chi connectivity index (χ2v) is 6.58. The van der Waals surface area contributed by atoms with Crippen LogP contribution in [-0.2, 0) is 14.3 Å². The van der Waals surface area contributed by atoms with Crippen molar-refractivity contribution in [2.75, 3.05) is 13.2 Å². The highest BCUT2D eigenvalue weighted by Gasteiger charge is 2.43. The number of carbonyl (C=O) groups excluding carboxylic acids is 1. The predicted molar refractivity (Wildman–Crippen MR) is 88.9 cm³/mol. The van der Waals surface area contributed by atoms with Crippen LogP contribution in [0, 0.1) is 0 Å². The third-order valence-electron chi connectivity index (χ3n) is 4.46. The molecule has 0 aromatic heterocycles. The molecule has 1 aliphatic heterocycles. The van der Waals surface area contributed by atoms with Crippen LogP contribution in [0.25, 0.3) is 0 Å². The minimum absolute atomic E-state index is 0.114. The van der Waals surface area contributed by atoms with Crippen LogP contribution in [0.1, 0.15) is 84.0 Å². The van der Waals surface area contributed by atoms with E-state index in [0.717, 1.165) is 19.3 Å². The van der Waals surface area contributed by atoms with Gasteiger partial charge in [0.1, 0.15) is 6.61 Å². The van der Waals surface area contributed by atoms with Gasteiger partial charge in [-0.2, -0.15) is 0 Å². The molecule has 1 rings (SSSR count). The van der Waals surface area contributed by atoms with Crippen molar-refractivity contribution < 1.29 is 24.5 Å². The van der Waals surface area contributed by atoms with Crippen molar-refractivity contribution in [3.63, 3.8) is 0 Å². The van der Waals surface area contributed by atoms with Gasteiger partial charge >= 0.3 is 5.97 Å². The van der Waals surface area contributed by atoms with Crippen LogP contribution in [0.4, 0.5) is 0 Å². The Hall–Kier alpha value is -0.650. The number of hydrogen-bond donors (Lipinski definition) is 2. The fourth-order valence-electron chi connectivity index (χ4n) is 2.99. The summed E-state index contributed by atoms with van der Waals surface area (Å²) >= 11 is 0. The SMILES string of the molecule is CCCCCCCCCCCC(=O)OC1(CO)CCC(CO)O1. The van der Waals surface area contributed by atoms with Crippen LogP contribution >= 0.6 is 0 Å². The molecule has 0 spiro atoms. The molecular weight excluding hydrogens is 296 g/mol. The zero-order valence-corrected chi connectivity index (χ0v) is 14.6. The van der Waals surface area contributed by atoms with E-state index in [1.807, 2.05) is 0 Å². The first-order chi connectivity index (χ1) is 11.2. The van der Waals surface area contributed by atoms with Gasteiger partial charge in [-0.25, -0.2) is 0 Å². The lowest BCUT2D eigenvalue weighted by Crippen LogP contribution is -2.39. The normalized spacial score (nSPS) is 24.0. The summed E-state index contributed by atoms with van der Waals surface area (Å²) in [6.07, 6.45) is 11.9. The Kier molecular flexibility index (Phi) is 10.5. The third-order valence-corrected chi connectivity index (χ3v) is 4.46. The Bertz CT molecular complexity index is 321. The quantitative estimate of drug-likeness (QED) is 0.400. The van der Waals surface area contributed by atoms with Crippen molar-refractivity contribution >= 4 is 5.97 Å². The lowest BCUT2D eigenvalue weighted by atomic mass is 10.1. The van der Waals surface area contributed by atoms with Crippen LogP contribution in [0.15, 0.2) is 0 Å². The summed E-state index contributed by atoms with van der Waals surface area (Å²) in [5.74, 6) is -1.55. The fourth-order valence-corrected chi connectivity index (χ4v) is 2.99. The summed E-state index contributed by atoms with van der Waals surface area (Å²) in [7, 11) is 0. The summed E-state index contributed by atoms with van der Waals surface area (Å²) in [5.41, 5.74) is 0. The number of aliphatic hydroxyl groups excluding tert-OH is 2. The second-order valence-electron chi connectivity index (χ2n) is 6.58. The summed E-state index contributed by atoms with van der Waals surface area (Å²) in [4.78, 5) is 11.9. The van der Waals surface area contributed by atoms with Gasteiger partial charge in [0.05, 0.1) is 12.7 Å². The van der Waals surface area contributed by atoms with E-state index in [4.69, 9.17) is 14.6 Å². The molecule has 0 saturated carbocycles. The van der Waals surface area contributed by atoms with E-state index >= 15 is 0 Å². The molecule has 1 aliphatic rings. The molecule has 0 radical (unpaired) electrons. The van der Waals surface area contributed by atoms with Crippen molar-refractivity contribution in [3.8, 4) is 0 Å². The number of rotatable bonds is 13. The summed E-state index contributed by atoms with van der Waals surface area (Å²) in [5, 5.41) is 18.5. The Morgan fingerprint density at radius 2 is 1.70 bits per heavy atom. The van der Waals surface area contributed by atoms with Gasteiger partial charge in [0.15, 0.2) is 0 Å². The molecule has 136 valence electrons. The fraction of sp³-hybridized carbons (Fsp3) is 0.944. The largest absolute Gasteiger partial charge is 0.430 e. The standard InChI is InChI=1S/C18H34O5/c1-2-3-4-5-6-7-8-9-10-11-17(21)23-18(15-20)13-12-16(14-19)22-18/h16,19-20H,2-15H2,1H3. The molecule has 2 atom stereocenters. The number of ether oxygens (including phenoxy) is 2. The minimum atomic E-state index is -1.23. The monoisotopic (exact) mass is 330 g/mol. The van der Waals surface area contributed by atoms with Crippen molar-refractivity contribution in [1.29, 1.82) is 0 Å². The molecule has 1 fully saturated rings. The van der Waals surface area contributed by atoms with E-state index in [-0.39, 0.29) is 25.3 Å². The summed E-state index contributed by atoms with van der Waals surface area (Å²) in [6.45, 7) is 1.76. The highest BCUT2D eigenvalue weighted by Crippen LogP contribution is 2.31. The highest BCUT2D eigenvalue weighted by molar-refractivity contribution is 5.69. The lowest BCUT2D eigenvalue weighted by Gasteiger charge is -2.26. The Balaban J connectivity index is 2.06. The Labute approximate surface area is 140 Å². The maximum absolute atomic E-state index is 11.9. The van der Waals surface area contributed by atoms with Crippen LogP contribution in [0.2, 0.25) is 0 Å². The number of unbranched alkanes of at least 4 members (excludes halogenated alkanes) is 8. The topological polar surface area (TPSA) is 76.0 Å². The van der Waals surface area contributed by atoms with E-state index in [1.165, 1.54) is 38.5 Å². The van der Waals surface area contributed by atoms with Gasteiger partial charge in [0.2, 0.25) is 5.79 Å². The second kappa shape index (κ2) is 11.8. The summed E-state index contributed by atoms with van der Waals surface area (Å²) in [6, 6.07) is 0. The van der Waals surface area contributed by atoms with Crippen molar-refractivity contribution in [1.82, 2.24) is 0 Å². The first-order valence-electron chi connectivity index (χ1n) is 9.27. The molecular formula is C18H34O5. The molecule has 5 heteroatoms. The van der Waals surface area contributed by atoms with E-state index in [0.29, 0.717) is 19.3 Å². The molecule has 0 amide bonds. The first kappa shape index (κ1) is 20.4. The number of carbonyl (C=O) groups is 1. The average molecular weight is 330 g/mol. The maximum atomic E-state index is 11.9.